The normalized spacial score (nSPS) is 31.0. The number of nitrogens with two attached hydrogens (primary N) is 1. The van der Waals surface area contributed by atoms with Crippen LogP contribution < -0.4 is 11.1 Å². The molecule has 3 N–H and O–H groups in total. The Balaban J connectivity index is 1.03. The van der Waals surface area contributed by atoms with Crippen molar-refractivity contribution >= 4 is 23.3 Å². The van der Waals surface area contributed by atoms with E-state index in [2.05, 4.69) is 56.2 Å². The summed E-state index contributed by atoms with van der Waals surface area (Å²) in [6.07, 6.45) is 16.3. The van der Waals surface area contributed by atoms with Gasteiger partial charge in [0.1, 0.15) is 6.10 Å². The van der Waals surface area contributed by atoms with Gasteiger partial charge in [-0.3, -0.25) is 4.79 Å². The zero-order valence-corrected chi connectivity index (χ0v) is 31.1. The van der Waals surface area contributed by atoms with Gasteiger partial charge in [-0.15, -0.1) is 0 Å². The van der Waals surface area contributed by atoms with Crippen molar-refractivity contribution in [3.8, 4) is 0 Å². The average Bonchev–Trinajstić information content (AvgIpc) is 3.47. The highest BCUT2D eigenvalue weighted by Gasteiger charge is 2.59. The van der Waals surface area contributed by atoms with E-state index in [-0.39, 0.29) is 23.4 Å². The molecule has 0 saturated heterocycles. The third-order valence-electron chi connectivity index (χ3n) is 13.5. The summed E-state index contributed by atoms with van der Waals surface area (Å²) in [7, 11) is 0. The number of hydrogen-bond donors (Lipinski definition) is 2. The highest BCUT2D eigenvalue weighted by atomic mass is 16.5. The Bertz CT molecular complexity index is 1550. The summed E-state index contributed by atoms with van der Waals surface area (Å²) in [4.78, 5) is 25.3. The van der Waals surface area contributed by atoms with E-state index in [1.807, 2.05) is 0 Å². The second kappa shape index (κ2) is 15.5. The van der Waals surface area contributed by atoms with Crippen LogP contribution in [-0.4, -0.2) is 31.1 Å². The minimum absolute atomic E-state index is 0.0745. The molecule has 2 aromatic carbocycles. The van der Waals surface area contributed by atoms with Gasteiger partial charge >= 0.3 is 5.97 Å². The van der Waals surface area contributed by atoms with Crippen molar-refractivity contribution in [2.45, 2.75) is 111 Å². The van der Waals surface area contributed by atoms with Crippen molar-refractivity contribution in [3.63, 3.8) is 0 Å². The van der Waals surface area contributed by atoms with Crippen molar-refractivity contribution in [1.29, 1.82) is 0 Å². The smallest absolute Gasteiger partial charge is 0.338 e. The molecule has 7 heteroatoms. The van der Waals surface area contributed by atoms with Crippen LogP contribution >= 0.6 is 0 Å². The van der Waals surface area contributed by atoms with Gasteiger partial charge in [-0.2, -0.15) is 10.2 Å². The third kappa shape index (κ3) is 7.63. The van der Waals surface area contributed by atoms with Gasteiger partial charge in [-0.1, -0.05) is 65.5 Å². The molecular formula is C43H60N4O3. The van der Waals surface area contributed by atoms with E-state index in [0.717, 1.165) is 54.8 Å². The largest absolute Gasteiger partial charge is 0.458 e. The molecule has 1 amide bonds. The lowest BCUT2D eigenvalue weighted by molar-refractivity contribution is -0.0594. The highest BCUT2D eigenvalue weighted by molar-refractivity contribution is 5.94. The Morgan fingerprint density at radius 2 is 1.56 bits per heavy atom. The predicted molar refractivity (Wildman–Crippen MR) is 201 cm³/mol. The number of rotatable bonds is 12. The molecule has 270 valence electrons. The Morgan fingerprint density at radius 3 is 2.22 bits per heavy atom. The molecule has 1 unspecified atom stereocenters. The summed E-state index contributed by atoms with van der Waals surface area (Å²) in [6.45, 7) is 13.3. The zero-order valence-electron chi connectivity index (χ0n) is 31.1. The van der Waals surface area contributed by atoms with E-state index < -0.39 is 0 Å². The van der Waals surface area contributed by atoms with Gasteiger partial charge in [-0.05, 0) is 140 Å². The molecule has 8 atom stereocenters. The number of amides is 1. The Kier molecular flexibility index (Phi) is 11.3. The van der Waals surface area contributed by atoms with Gasteiger partial charge in [0, 0.05) is 25.1 Å². The number of ether oxygens (including phenoxy) is 1. The first-order chi connectivity index (χ1) is 24.0. The third-order valence-corrected chi connectivity index (χ3v) is 13.5. The van der Waals surface area contributed by atoms with Gasteiger partial charge in [0.25, 0.3) is 5.91 Å². The van der Waals surface area contributed by atoms with Crippen LogP contribution in [0.25, 0.3) is 0 Å². The maximum atomic E-state index is 13.2. The number of nitrogens with one attached hydrogen (secondary N) is 1. The predicted octanol–water partition coefficient (Wildman–Crippen LogP) is 10.4. The first-order valence-corrected chi connectivity index (χ1v) is 19.5. The second-order valence-electron chi connectivity index (χ2n) is 16.9. The number of azo groups is 1. The molecule has 4 aliphatic rings. The van der Waals surface area contributed by atoms with Gasteiger partial charge in [0.2, 0.25) is 0 Å². The van der Waals surface area contributed by atoms with Crippen molar-refractivity contribution < 1.29 is 14.3 Å². The molecule has 3 saturated carbocycles. The van der Waals surface area contributed by atoms with Gasteiger partial charge < -0.3 is 15.8 Å². The van der Waals surface area contributed by atoms with Gasteiger partial charge in [0.05, 0.1) is 16.9 Å². The molecule has 4 aliphatic carbocycles. The van der Waals surface area contributed by atoms with E-state index >= 15 is 0 Å². The molecule has 0 heterocycles. The first-order valence-electron chi connectivity index (χ1n) is 19.5. The van der Waals surface area contributed by atoms with E-state index in [4.69, 9.17) is 10.5 Å². The SMILES string of the molecule is CC(C)CCC[C@@H](C)[C@H]1CC[C@H]2[C@@H]3CC=C4CC(OC(=O)c5ccc(N=Nc6ccc(C(=O)NCCN)cc6)cc5)CC[C@]4(C)[C@H]3CC[C@]12C. The monoisotopic (exact) mass is 680 g/mol. The standard InChI is InChI=1S/C43H60N4O3/c1-28(2)7-6-8-29(3)37-19-20-38-36-18-13-32-27-35(21-23-42(32,4)39(36)22-24-43(37,38)5)50-41(49)31-11-16-34(17-12-31)47-46-33-14-9-30(10-15-33)40(48)45-26-25-44/h9-17,28-29,35-39H,6-8,18-27,44H2,1-5H3,(H,45,48)/t29-,35?,36+,37-,38+,39+,42+,43-/m1/s1. The number of carbonyl (C=O) groups excluding carboxylic acids is 2. The van der Waals surface area contributed by atoms with Crippen molar-refractivity contribution in [1.82, 2.24) is 5.32 Å². The lowest BCUT2D eigenvalue weighted by Gasteiger charge is -2.58. The first kappa shape index (κ1) is 36.5. The quantitative estimate of drug-likeness (QED) is 0.132. The van der Waals surface area contributed by atoms with Crippen molar-refractivity contribution in [2.75, 3.05) is 13.1 Å². The second-order valence-corrected chi connectivity index (χ2v) is 16.9. The summed E-state index contributed by atoms with van der Waals surface area (Å²) < 4.78 is 6.13. The van der Waals surface area contributed by atoms with E-state index in [1.165, 1.54) is 51.4 Å². The molecule has 3 fully saturated rings. The minimum Gasteiger partial charge on any atom is -0.458 e. The molecule has 0 spiro atoms. The van der Waals surface area contributed by atoms with Crippen LogP contribution in [0.15, 0.2) is 70.4 Å². The lowest BCUT2D eigenvalue weighted by atomic mass is 9.47. The van der Waals surface area contributed by atoms with Crippen LogP contribution in [0, 0.1) is 46.3 Å². The number of fused-ring (bicyclic) bond motifs is 5. The summed E-state index contributed by atoms with van der Waals surface area (Å²) in [5.41, 5.74) is 10.1. The van der Waals surface area contributed by atoms with Crippen LogP contribution in [0.1, 0.15) is 126 Å². The maximum absolute atomic E-state index is 13.2. The molecule has 2 aromatic rings. The Labute approximate surface area is 300 Å². The van der Waals surface area contributed by atoms with Crippen LogP contribution in [0.2, 0.25) is 0 Å². The Morgan fingerprint density at radius 1 is 0.880 bits per heavy atom. The molecule has 7 nitrogen and oxygen atoms in total. The van der Waals surface area contributed by atoms with Crippen LogP contribution in [0.5, 0.6) is 0 Å². The Hall–Kier alpha value is -3.32. The van der Waals surface area contributed by atoms with Gasteiger partial charge in [-0.25, -0.2) is 4.79 Å². The fourth-order valence-corrected chi connectivity index (χ4v) is 10.7. The number of nitrogens with zero attached hydrogens (tertiary/aromatic N) is 2. The van der Waals surface area contributed by atoms with E-state index in [9.17, 15) is 9.59 Å². The summed E-state index contributed by atoms with van der Waals surface area (Å²) >= 11 is 0. The molecule has 50 heavy (non-hydrogen) atoms. The van der Waals surface area contributed by atoms with Crippen LogP contribution in [0.4, 0.5) is 11.4 Å². The van der Waals surface area contributed by atoms with E-state index in [0.29, 0.717) is 41.0 Å². The fourth-order valence-electron chi connectivity index (χ4n) is 10.7. The summed E-state index contributed by atoms with van der Waals surface area (Å²) in [6, 6.07) is 14.0. The molecule has 6 rings (SSSR count). The molecule has 0 aromatic heterocycles. The molecule has 0 radical (unpaired) electrons. The minimum atomic E-state index is -0.271. The number of hydrogen-bond acceptors (Lipinski definition) is 6. The van der Waals surface area contributed by atoms with Crippen molar-refractivity contribution in [3.05, 3.63) is 71.3 Å². The van der Waals surface area contributed by atoms with Crippen LogP contribution in [-0.2, 0) is 4.74 Å². The van der Waals surface area contributed by atoms with Gasteiger partial charge in [0.15, 0.2) is 0 Å². The molecule has 0 aliphatic heterocycles. The molecule has 0 bridgehead atoms. The molecular weight excluding hydrogens is 620 g/mol. The lowest BCUT2D eigenvalue weighted by Crippen LogP contribution is -2.51. The van der Waals surface area contributed by atoms with E-state index in [1.54, 1.807) is 54.1 Å². The fraction of sp³-hybridized carbons (Fsp3) is 0.628. The van der Waals surface area contributed by atoms with Crippen LogP contribution in [0.3, 0.4) is 0 Å². The highest BCUT2D eigenvalue weighted by Crippen LogP contribution is 2.67. The number of carbonyl (C=O) groups is 2. The summed E-state index contributed by atoms with van der Waals surface area (Å²) in [5.74, 6) is 4.50. The number of allylic oxidation sites excluding steroid dienone is 1. The summed E-state index contributed by atoms with van der Waals surface area (Å²) in [5, 5.41) is 11.3. The maximum Gasteiger partial charge on any atom is 0.338 e. The average molecular weight is 681 g/mol. The number of esters is 1. The topological polar surface area (TPSA) is 106 Å². The number of benzene rings is 2. The van der Waals surface area contributed by atoms with Crippen molar-refractivity contribution in [2.24, 2.45) is 62.3 Å². The zero-order chi connectivity index (χ0) is 35.5.